The number of hydrogen-bond donors (Lipinski definition) is 1. The van der Waals surface area contributed by atoms with Gasteiger partial charge in [0, 0.05) is 12.1 Å². The van der Waals surface area contributed by atoms with Gasteiger partial charge in [-0.1, -0.05) is 24.3 Å². The van der Waals surface area contributed by atoms with Crippen molar-refractivity contribution >= 4 is 16.1 Å². The Hall–Kier alpha value is -6.31. The highest BCUT2D eigenvalue weighted by atomic mass is 32.2. The van der Waals surface area contributed by atoms with Crippen LogP contribution in [0.1, 0.15) is 42.3 Å². The second kappa shape index (κ2) is 15.5. The average molecular weight is 744 g/mol. The topological polar surface area (TPSA) is 159 Å². The van der Waals surface area contributed by atoms with Crippen LogP contribution in [-0.4, -0.2) is 37.9 Å². The SMILES string of the molecule is CC[n+]1ccc([C@H](C)NC(=O)n2c(-c3ccnn3-c3ccc(C#N)cc3)c(C)n(-c3cccc(C(F)(F)F)c3)c2=O)cc1.O=S(=O)([O-])c1ccccc1. The standard InChI is InChI=1S/C31H26F3N7O2.C6H6O3S/c1-4-38-16-13-23(14-17-38)20(2)37-29(42)40-28(27-12-15-36-41(27)25-10-8-22(19-35)9-11-25)21(3)39(30(40)43)26-7-5-6-24(18-26)31(32,33)34;7-10(8,9)6-4-2-1-3-5-6/h5-18,20H,4H2,1-3H3;1-5H,(H,7,8,9)/t20-;/m0./s1. The van der Waals surface area contributed by atoms with E-state index in [0.29, 0.717) is 16.9 Å². The first-order valence-electron chi connectivity index (χ1n) is 16.0. The number of rotatable bonds is 7. The molecule has 1 amide bonds. The van der Waals surface area contributed by atoms with Crippen molar-refractivity contribution in [1.82, 2.24) is 24.2 Å². The zero-order chi connectivity index (χ0) is 38.5. The Kier molecular flexibility index (Phi) is 11.1. The lowest BCUT2D eigenvalue weighted by atomic mass is 10.1. The van der Waals surface area contributed by atoms with Gasteiger partial charge in [-0.25, -0.2) is 31.8 Å². The minimum Gasteiger partial charge on any atom is -0.744 e. The van der Waals surface area contributed by atoms with E-state index in [1.54, 1.807) is 50.2 Å². The molecule has 0 saturated carbocycles. The predicted molar refractivity (Wildman–Crippen MR) is 186 cm³/mol. The number of aromatic nitrogens is 5. The average Bonchev–Trinajstić information content (AvgIpc) is 3.73. The highest BCUT2D eigenvalue weighted by Gasteiger charge is 2.32. The number of carbonyl (C=O) groups is 1. The molecule has 3 aromatic heterocycles. The van der Waals surface area contributed by atoms with Crippen LogP contribution in [-0.2, 0) is 22.8 Å². The molecule has 0 aliphatic rings. The van der Waals surface area contributed by atoms with Crippen molar-refractivity contribution in [2.24, 2.45) is 0 Å². The van der Waals surface area contributed by atoms with E-state index in [1.807, 2.05) is 42.1 Å². The lowest BCUT2D eigenvalue weighted by Gasteiger charge is -2.15. The molecule has 0 bridgehead atoms. The fourth-order valence-corrected chi connectivity index (χ4v) is 5.97. The van der Waals surface area contributed by atoms with E-state index >= 15 is 0 Å². The summed E-state index contributed by atoms with van der Waals surface area (Å²) in [5.74, 6) is 0. The number of aryl methyl sites for hydroxylation is 1. The summed E-state index contributed by atoms with van der Waals surface area (Å²) in [4.78, 5) is 27.6. The largest absolute Gasteiger partial charge is 0.744 e. The summed E-state index contributed by atoms with van der Waals surface area (Å²) in [6.07, 6.45) is 0.600. The number of nitrogens with one attached hydrogen (secondary N) is 1. The number of imidazole rings is 1. The number of nitrogens with zero attached hydrogens (tertiary/aromatic N) is 6. The molecule has 1 N–H and O–H groups in total. The maximum atomic E-state index is 14.0. The van der Waals surface area contributed by atoms with Crippen molar-refractivity contribution < 1.29 is 35.5 Å². The lowest BCUT2D eigenvalue weighted by Crippen LogP contribution is -2.39. The van der Waals surface area contributed by atoms with E-state index in [-0.39, 0.29) is 22.0 Å². The Bertz CT molecular complexity index is 2450. The number of carbonyl (C=O) groups excluding carboxylic acids is 1. The van der Waals surface area contributed by atoms with Crippen LogP contribution < -0.4 is 15.6 Å². The molecule has 1 atom stereocenters. The summed E-state index contributed by atoms with van der Waals surface area (Å²) < 4.78 is 77.0. The Morgan fingerprint density at radius 1 is 0.981 bits per heavy atom. The van der Waals surface area contributed by atoms with Crippen molar-refractivity contribution in [2.75, 3.05) is 0 Å². The number of alkyl halides is 3. The number of nitriles is 1. The number of pyridine rings is 1. The molecule has 16 heteroatoms. The molecule has 12 nitrogen and oxygen atoms in total. The third-order valence-corrected chi connectivity index (χ3v) is 9.05. The molecule has 0 fully saturated rings. The lowest BCUT2D eigenvalue weighted by molar-refractivity contribution is -0.693. The molecular weight excluding hydrogens is 712 g/mol. The molecule has 6 aromatic rings. The van der Waals surface area contributed by atoms with E-state index in [0.717, 1.165) is 33.4 Å². The molecule has 0 aliphatic carbocycles. The van der Waals surface area contributed by atoms with Gasteiger partial charge in [-0.3, -0.25) is 4.57 Å². The van der Waals surface area contributed by atoms with E-state index in [1.165, 1.54) is 47.3 Å². The molecule has 6 rings (SSSR count). The molecule has 0 unspecified atom stereocenters. The smallest absolute Gasteiger partial charge is 0.416 e. The fraction of sp³-hybridized carbons (Fsp3) is 0.162. The second-order valence-electron chi connectivity index (χ2n) is 11.6. The normalized spacial score (nSPS) is 12.0. The van der Waals surface area contributed by atoms with Crippen LogP contribution in [0.2, 0.25) is 0 Å². The minimum absolute atomic E-state index is 0.0465. The first kappa shape index (κ1) is 37.9. The highest BCUT2D eigenvalue weighted by molar-refractivity contribution is 7.85. The van der Waals surface area contributed by atoms with Crippen LogP contribution in [0.15, 0.2) is 125 Å². The summed E-state index contributed by atoms with van der Waals surface area (Å²) in [6, 6.07) is 24.2. The molecule has 0 spiro atoms. The molecule has 3 heterocycles. The molecule has 53 heavy (non-hydrogen) atoms. The van der Waals surface area contributed by atoms with Gasteiger partial charge in [0.05, 0.1) is 57.1 Å². The zero-order valence-corrected chi connectivity index (χ0v) is 29.3. The third kappa shape index (κ3) is 8.43. The summed E-state index contributed by atoms with van der Waals surface area (Å²) in [7, 11) is -4.25. The van der Waals surface area contributed by atoms with Crippen molar-refractivity contribution in [3.63, 3.8) is 0 Å². The Labute approximate surface area is 302 Å². The Morgan fingerprint density at radius 3 is 2.21 bits per heavy atom. The zero-order valence-electron chi connectivity index (χ0n) is 28.5. The van der Waals surface area contributed by atoms with Crippen molar-refractivity contribution in [2.45, 2.75) is 44.4 Å². The summed E-state index contributed by atoms with van der Waals surface area (Å²) in [5.41, 5.74) is 0.667. The van der Waals surface area contributed by atoms with Crippen LogP contribution >= 0.6 is 0 Å². The van der Waals surface area contributed by atoms with Gasteiger partial charge in [0.1, 0.15) is 22.4 Å². The third-order valence-electron chi connectivity index (χ3n) is 8.20. The van der Waals surface area contributed by atoms with Crippen LogP contribution in [0.5, 0.6) is 0 Å². The number of benzene rings is 3. The monoisotopic (exact) mass is 743 g/mol. The van der Waals surface area contributed by atoms with Gasteiger partial charge in [-0.05, 0) is 87.0 Å². The van der Waals surface area contributed by atoms with Crippen LogP contribution in [0.4, 0.5) is 18.0 Å². The van der Waals surface area contributed by atoms with Gasteiger partial charge in [0.25, 0.3) is 0 Å². The first-order chi connectivity index (χ1) is 25.1. The Balaban J connectivity index is 0.000000469. The predicted octanol–water partition coefficient (Wildman–Crippen LogP) is 5.91. The molecule has 0 saturated heterocycles. The van der Waals surface area contributed by atoms with Crippen molar-refractivity contribution in [3.8, 4) is 28.8 Å². The summed E-state index contributed by atoms with van der Waals surface area (Å²) >= 11 is 0. The van der Waals surface area contributed by atoms with E-state index in [4.69, 9.17) is 0 Å². The molecule has 0 radical (unpaired) electrons. The van der Waals surface area contributed by atoms with Gasteiger partial charge in [0.15, 0.2) is 12.4 Å². The maximum Gasteiger partial charge on any atom is 0.416 e. The second-order valence-corrected chi connectivity index (χ2v) is 13.0. The number of halogens is 3. The van der Waals surface area contributed by atoms with Crippen molar-refractivity contribution in [3.05, 3.63) is 149 Å². The molecule has 272 valence electrons. The summed E-state index contributed by atoms with van der Waals surface area (Å²) in [6.45, 7) is 6.10. The van der Waals surface area contributed by atoms with Gasteiger partial charge >= 0.3 is 17.9 Å². The highest BCUT2D eigenvalue weighted by Crippen LogP contribution is 2.32. The van der Waals surface area contributed by atoms with Gasteiger partial charge in [-0.2, -0.15) is 23.5 Å². The molecular formula is C37H32F3N7O5S. The fourth-order valence-electron chi connectivity index (χ4n) is 5.47. The quantitative estimate of drug-likeness (QED) is 0.157. The first-order valence-corrected chi connectivity index (χ1v) is 17.4. The summed E-state index contributed by atoms with van der Waals surface area (Å²) in [5, 5.41) is 16.4. The van der Waals surface area contributed by atoms with Crippen LogP contribution in [0, 0.1) is 18.3 Å². The molecule has 3 aromatic carbocycles. The minimum atomic E-state index is -4.63. The van der Waals surface area contributed by atoms with E-state index < -0.39 is 39.6 Å². The number of hydrogen-bond acceptors (Lipinski definition) is 7. The van der Waals surface area contributed by atoms with E-state index in [9.17, 15) is 41.0 Å². The molecule has 0 aliphatic heterocycles. The number of amides is 1. The van der Waals surface area contributed by atoms with E-state index in [2.05, 4.69) is 10.4 Å². The van der Waals surface area contributed by atoms with Crippen LogP contribution in [0.3, 0.4) is 0 Å². The van der Waals surface area contributed by atoms with Gasteiger partial charge < -0.3 is 9.87 Å². The maximum absolute atomic E-state index is 14.0. The van der Waals surface area contributed by atoms with Crippen molar-refractivity contribution in [1.29, 1.82) is 5.26 Å². The Morgan fingerprint density at radius 2 is 1.64 bits per heavy atom. The van der Waals surface area contributed by atoms with Crippen LogP contribution in [0.25, 0.3) is 22.8 Å². The van der Waals surface area contributed by atoms with Gasteiger partial charge in [-0.15, -0.1) is 0 Å². The van der Waals surface area contributed by atoms with Gasteiger partial charge in [0.2, 0.25) is 0 Å².